The van der Waals surface area contributed by atoms with Gasteiger partial charge >= 0.3 is 0 Å². The third-order valence-corrected chi connectivity index (χ3v) is 4.52. The largest absolute Gasteiger partial charge is 0.370 e. The van der Waals surface area contributed by atoms with E-state index in [0.29, 0.717) is 6.04 Å². The van der Waals surface area contributed by atoms with Gasteiger partial charge in [0.05, 0.1) is 0 Å². The second-order valence-electron chi connectivity index (χ2n) is 6.07. The van der Waals surface area contributed by atoms with Gasteiger partial charge in [-0.05, 0) is 38.8 Å². The lowest BCUT2D eigenvalue weighted by Gasteiger charge is -2.33. The molecule has 0 spiro atoms. The molecule has 1 heterocycles. The summed E-state index contributed by atoms with van der Waals surface area (Å²) < 4.78 is 0. The Morgan fingerprint density at radius 2 is 1.80 bits per heavy atom. The molecule has 20 heavy (non-hydrogen) atoms. The summed E-state index contributed by atoms with van der Waals surface area (Å²) in [6.07, 6.45) is 4.93. The normalized spacial score (nSPS) is 22.2. The van der Waals surface area contributed by atoms with Crippen LogP contribution in [-0.4, -0.2) is 79.6 Å². The van der Waals surface area contributed by atoms with Crippen molar-refractivity contribution in [2.75, 3.05) is 52.9 Å². The molecular formula is C15H31N5. The van der Waals surface area contributed by atoms with Crippen LogP contribution < -0.4 is 5.73 Å². The maximum absolute atomic E-state index is 5.97. The van der Waals surface area contributed by atoms with E-state index < -0.39 is 0 Å². The van der Waals surface area contributed by atoms with E-state index in [1.165, 1.54) is 58.5 Å². The summed E-state index contributed by atoms with van der Waals surface area (Å²) in [6, 6.07) is 0.661. The summed E-state index contributed by atoms with van der Waals surface area (Å²) in [7, 11) is 2.06. The summed E-state index contributed by atoms with van der Waals surface area (Å²) in [4.78, 5) is 11.7. The highest BCUT2D eigenvalue weighted by molar-refractivity contribution is 5.78. The number of piperazine rings is 1. The van der Waals surface area contributed by atoms with Crippen LogP contribution in [-0.2, 0) is 0 Å². The molecule has 5 nitrogen and oxygen atoms in total. The Morgan fingerprint density at radius 1 is 1.15 bits per heavy atom. The highest BCUT2D eigenvalue weighted by Gasteiger charge is 2.27. The maximum atomic E-state index is 5.97. The van der Waals surface area contributed by atoms with Crippen molar-refractivity contribution in [3.05, 3.63) is 0 Å². The van der Waals surface area contributed by atoms with Gasteiger partial charge in [0, 0.05) is 45.8 Å². The molecule has 2 rings (SSSR count). The van der Waals surface area contributed by atoms with Crippen molar-refractivity contribution in [1.29, 1.82) is 0 Å². The Labute approximate surface area is 123 Å². The zero-order chi connectivity index (χ0) is 14.4. The van der Waals surface area contributed by atoms with Gasteiger partial charge in [-0.15, -0.1) is 0 Å². The van der Waals surface area contributed by atoms with Crippen LogP contribution in [0.25, 0.3) is 0 Å². The number of unbranched alkanes of at least 4 members (excludes halogenated alkanes) is 1. The van der Waals surface area contributed by atoms with E-state index in [1.54, 1.807) is 0 Å². The minimum atomic E-state index is 0.661. The molecule has 1 saturated heterocycles. The predicted octanol–water partition coefficient (Wildman–Crippen LogP) is 0.813. The molecule has 1 aliphatic heterocycles. The van der Waals surface area contributed by atoms with Crippen molar-refractivity contribution in [2.24, 2.45) is 10.7 Å². The summed E-state index contributed by atoms with van der Waals surface area (Å²) >= 11 is 0. The number of rotatable bonds is 7. The first-order valence-corrected chi connectivity index (χ1v) is 8.18. The first-order chi connectivity index (χ1) is 9.70. The molecule has 1 saturated carbocycles. The summed E-state index contributed by atoms with van der Waals surface area (Å²) in [5, 5.41) is 0. The van der Waals surface area contributed by atoms with Gasteiger partial charge in [-0.1, -0.05) is 6.92 Å². The van der Waals surface area contributed by atoms with Crippen molar-refractivity contribution in [3.63, 3.8) is 0 Å². The zero-order valence-electron chi connectivity index (χ0n) is 13.2. The second kappa shape index (κ2) is 7.84. The number of guanidine groups is 1. The van der Waals surface area contributed by atoms with Crippen LogP contribution in [0.15, 0.2) is 4.99 Å². The van der Waals surface area contributed by atoms with E-state index in [1.807, 2.05) is 0 Å². The van der Waals surface area contributed by atoms with Gasteiger partial charge in [-0.2, -0.15) is 0 Å². The van der Waals surface area contributed by atoms with Gasteiger partial charge in [0.2, 0.25) is 0 Å². The lowest BCUT2D eigenvalue weighted by atomic mass is 10.2. The topological polar surface area (TPSA) is 48.1 Å². The molecule has 0 atom stereocenters. The number of hydrogen-bond acceptors (Lipinski definition) is 3. The molecule has 2 fully saturated rings. The minimum Gasteiger partial charge on any atom is -0.370 e. The molecule has 0 unspecified atom stereocenters. The fraction of sp³-hybridized carbons (Fsp3) is 0.933. The van der Waals surface area contributed by atoms with Crippen LogP contribution in [0.5, 0.6) is 0 Å². The fourth-order valence-corrected chi connectivity index (χ4v) is 2.73. The van der Waals surface area contributed by atoms with E-state index >= 15 is 0 Å². The van der Waals surface area contributed by atoms with E-state index in [-0.39, 0.29) is 0 Å². The van der Waals surface area contributed by atoms with Crippen LogP contribution in [0.4, 0.5) is 0 Å². The lowest BCUT2D eigenvalue weighted by molar-refractivity contribution is 0.136. The average molecular weight is 281 g/mol. The van der Waals surface area contributed by atoms with E-state index in [2.05, 4.69) is 33.7 Å². The number of aliphatic imine (C=N–C) groups is 1. The summed E-state index contributed by atoms with van der Waals surface area (Å²) in [5.41, 5.74) is 5.97. The molecule has 2 N–H and O–H groups in total. The van der Waals surface area contributed by atoms with Crippen LogP contribution >= 0.6 is 0 Å². The fourth-order valence-electron chi connectivity index (χ4n) is 2.73. The molecule has 0 bridgehead atoms. The van der Waals surface area contributed by atoms with Gasteiger partial charge < -0.3 is 20.4 Å². The van der Waals surface area contributed by atoms with Crippen molar-refractivity contribution in [1.82, 2.24) is 14.7 Å². The average Bonchev–Trinajstić information content (AvgIpc) is 3.31. The van der Waals surface area contributed by atoms with Crippen LogP contribution in [0.2, 0.25) is 0 Å². The number of nitrogens with zero attached hydrogens (tertiary/aromatic N) is 4. The molecule has 0 radical (unpaired) electrons. The monoisotopic (exact) mass is 281 g/mol. The van der Waals surface area contributed by atoms with Crippen molar-refractivity contribution in [3.8, 4) is 0 Å². The number of hydrogen-bond donors (Lipinski definition) is 1. The first-order valence-electron chi connectivity index (χ1n) is 8.18. The molecule has 5 heteroatoms. The third kappa shape index (κ3) is 4.94. The number of likely N-dealkylation sites (N-methyl/N-ethyl adjacent to an activating group) is 1. The Balaban J connectivity index is 1.52. The van der Waals surface area contributed by atoms with E-state index in [9.17, 15) is 0 Å². The van der Waals surface area contributed by atoms with Crippen molar-refractivity contribution in [2.45, 2.75) is 38.6 Å². The first kappa shape index (κ1) is 15.6. The second-order valence-corrected chi connectivity index (χ2v) is 6.07. The molecule has 1 aliphatic carbocycles. The lowest BCUT2D eigenvalue weighted by Crippen LogP contribution is -2.46. The van der Waals surface area contributed by atoms with Crippen molar-refractivity contribution < 1.29 is 0 Å². The third-order valence-electron chi connectivity index (χ3n) is 4.52. The standard InChI is InChI=1S/C15H31N5/c1-3-19-10-12-20(13-11-19)9-5-4-8-17-15(16)18(2)14-6-7-14/h14H,3-13H2,1-2H3,(H2,16,17). The Hall–Kier alpha value is -0.810. The highest BCUT2D eigenvalue weighted by atomic mass is 15.3. The predicted molar refractivity (Wildman–Crippen MR) is 85.1 cm³/mol. The van der Waals surface area contributed by atoms with Crippen LogP contribution in [0.1, 0.15) is 32.6 Å². The smallest absolute Gasteiger partial charge is 0.191 e. The number of nitrogens with two attached hydrogens (primary N) is 1. The van der Waals surface area contributed by atoms with Gasteiger partial charge in [-0.3, -0.25) is 4.99 Å². The quantitative estimate of drug-likeness (QED) is 0.426. The summed E-state index contributed by atoms with van der Waals surface area (Å²) in [5.74, 6) is 0.726. The molecule has 0 aromatic carbocycles. The van der Waals surface area contributed by atoms with Crippen LogP contribution in [0, 0.1) is 0 Å². The van der Waals surface area contributed by atoms with Gasteiger partial charge in [0.25, 0.3) is 0 Å². The molecule has 0 aromatic heterocycles. The highest BCUT2D eigenvalue weighted by Crippen LogP contribution is 2.24. The van der Waals surface area contributed by atoms with Gasteiger partial charge in [0.1, 0.15) is 0 Å². The molecule has 2 aliphatic rings. The van der Waals surface area contributed by atoms with Gasteiger partial charge in [0.15, 0.2) is 5.96 Å². The maximum Gasteiger partial charge on any atom is 0.191 e. The molecule has 0 amide bonds. The van der Waals surface area contributed by atoms with Gasteiger partial charge in [-0.25, -0.2) is 0 Å². The molecule has 0 aromatic rings. The van der Waals surface area contributed by atoms with E-state index in [4.69, 9.17) is 5.73 Å². The SMILES string of the molecule is CCN1CCN(CCCCN=C(N)N(C)C2CC2)CC1. The van der Waals surface area contributed by atoms with Crippen molar-refractivity contribution >= 4 is 5.96 Å². The Morgan fingerprint density at radius 3 is 2.40 bits per heavy atom. The Kier molecular flexibility index (Phi) is 6.10. The minimum absolute atomic E-state index is 0.661. The molecule has 116 valence electrons. The van der Waals surface area contributed by atoms with E-state index in [0.717, 1.165) is 18.9 Å². The van der Waals surface area contributed by atoms with Crippen LogP contribution in [0.3, 0.4) is 0 Å². The zero-order valence-corrected chi connectivity index (χ0v) is 13.2. The summed E-state index contributed by atoms with van der Waals surface area (Å²) in [6.45, 7) is 10.4. The Bertz CT molecular complexity index is 305. The molecular weight excluding hydrogens is 250 g/mol.